The number of amides is 2. The van der Waals surface area contributed by atoms with Gasteiger partial charge in [-0.1, -0.05) is 6.42 Å². The topological polar surface area (TPSA) is 97.3 Å². The number of fused-ring (bicyclic) bond motifs is 3. The van der Waals surface area contributed by atoms with Crippen molar-refractivity contribution in [3.05, 3.63) is 23.8 Å². The van der Waals surface area contributed by atoms with Crippen molar-refractivity contribution in [2.75, 3.05) is 38.2 Å². The van der Waals surface area contributed by atoms with Crippen molar-refractivity contribution in [3.8, 4) is 5.75 Å². The van der Waals surface area contributed by atoms with Crippen molar-refractivity contribution in [1.82, 2.24) is 4.90 Å². The summed E-state index contributed by atoms with van der Waals surface area (Å²) in [6.45, 7) is 2.19. The second-order valence-corrected chi connectivity index (χ2v) is 8.97. The minimum absolute atomic E-state index is 0.0175. The predicted octanol–water partition coefficient (Wildman–Crippen LogP) is 1.67. The number of ether oxygens (including phenoxy) is 3. The predicted molar refractivity (Wildman–Crippen MR) is 112 cm³/mol. The molecule has 168 valence electrons. The SMILES string of the molecule is O=C(Nc1ccc2c(c1)[C@H]1C[C@H](CC(=O)N3CCOCC3)O[C@@H](CO)[C@H]1O2)C1CCC1. The van der Waals surface area contributed by atoms with Gasteiger partial charge in [0.1, 0.15) is 18.0 Å². The van der Waals surface area contributed by atoms with E-state index in [9.17, 15) is 14.7 Å². The maximum absolute atomic E-state index is 12.7. The Kier molecular flexibility index (Phi) is 5.86. The summed E-state index contributed by atoms with van der Waals surface area (Å²) in [5.41, 5.74) is 1.79. The van der Waals surface area contributed by atoms with E-state index in [0.717, 1.165) is 36.3 Å². The molecule has 1 aromatic carbocycles. The summed E-state index contributed by atoms with van der Waals surface area (Å²) in [5.74, 6) is 1.04. The highest BCUT2D eigenvalue weighted by Crippen LogP contribution is 2.47. The van der Waals surface area contributed by atoms with Crippen LogP contribution in [0.15, 0.2) is 18.2 Å². The first-order valence-corrected chi connectivity index (χ1v) is 11.4. The van der Waals surface area contributed by atoms with Crippen molar-refractivity contribution in [1.29, 1.82) is 0 Å². The number of hydrogen-bond acceptors (Lipinski definition) is 6. The fourth-order valence-electron chi connectivity index (χ4n) is 5.02. The summed E-state index contributed by atoms with van der Waals surface area (Å²) in [5, 5.41) is 12.9. The third kappa shape index (κ3) is 4.16. The van der Waals surface area contributed by atoms with Crippen LogP contribution in [0, 0.1) is 5.92 Å². The van der Waals surface area contributed by atoms with Crippen LogP contribution in [0.25, 0.3) is 0 Å². The molecule has 4 atom stereocenters. The fraction of sp³-hybridized carbons (Fsp3) is 0.652. The van der Waals surface area contributed by atoms with Gasteiger partial charge in [0.25, 0.3) is 0 Å². The summed E-state index contributed by atoms with van der Waals surface area (Å²) in [6.07, 6.45) is 2.91. The molecule has 3 aliphatic heterocycles. The van der Waals surface area contributed by atoms with E-state index >= 15 is 0 Å². The molecule has 2 N–H and O–H groups in total. The van der Waals surface area contributed by atoms with Gasteiger partial charge in [-0.15, -0.1) is 0 Å². The van der Waals surface area contributed by atoms with E-state index in [1.165, 1.54) is 0 Å². The van der Waals surface area contributed by atoms with Crippen LogP contribution in [0.1, 0.15) is 43.6 Å². The van der Waals surface area contributed by atoms with E-state index in [1.807, 2.05) is 23.1 Å². The number of carbonyl (C=O) groups excluding carboxylic acids is 2. The Bertz CT molecular complexity index is 835. The quantitative estimate of drug-likeness (QED) is 0.738. The number of nitrogens with zero attached hydrogens (tertiary/aromatic N) is 1. The standard InChI is InChI=1S/C23H30N2O6/c26-13-20-22-18(11-16(30-20)12-21(27)25-6-8-29-9-7-25)17-10-15(4-5-19(17)31-22)24-23(28)14-2-1-3-14/h4-5,10,14,16,18,20,22,26H,1-3,6-9,11-13H2,(H,24,28)/t16-,18-,20+,22+/m1/s1. The molecule has 31 heavy (non-hydrogen) atoms. The first-order valence-electron chi connectivity index (χ1n) is 11.4. The summed E-state index contributed by atoms with van der Waals surface area (Å²) in [7, 11) is 0. The van der Waals surface area contributed by atoms with E-state index in [0.29, 0.717) is 32.7 Å². The van der Waals surface area contributed by atoms with E-state index < -0.39 is 6.10 Å². The van der Waals surface area contributed by atoms with Crippen LogP contribution in [-0.2, 0) is 19.1 Å². The molecule has 2 amide bonds. The number of benzene rings is 1. The Morgan fingerprint density at radius 2 is 2.00 bits per heavy atom. The normalized spacial score (nSPS) is 30.0. The highest BCUT2D eigenvalue weighted by molar-refractivity contribution is 5.93. The summed E-state index contributed by atoms with van der Waals surface area (Å²) in [4.78, 5) is 26.9. The number of rotatable bonds is 5. The van der Waals surface area contributed by atoms with Gasteiger partial charge in [-0.05, 0) is 37.5 Å². The third-order valence-corrected chi connectivity index (χ3v) is 7.01. The zero-order chi connectivity index (χ0) is 21.4. The number of nitrogens with one attached hydrogen (secondary N) is 1. The van der Waals surface area contributed by atoms with Gasteiger partial charge in [-0.3, -0.25) is 9.59 Å². The Morgan fingerprint density at radius 3 is 2.71 bits per heavy atom. The lowest BCUT2D eigenvalue weighted by Crippen LogP contribution is -2.48. The van der Waals surface area contributed by atoms with Gasteiger partial charge in [-0.2, -0.15) is 0 Å². The number of aliphatic hydroxyl groups excluding tert-OH is 1. The van der Waals surface area contributed by atoms with Crippen molar-refractivity contribution in [2.24, 2.45) is 5.92 Å². The Hall–Kier alpha value is -2.16. The molecule has 2 saturated heterocycles. The monoisotopic (exact) mass is 430 g/mol. The molecule has 3 heterocycles. The molecule has 0 bridgehead atoms. The summed E-state index contributed by atoms with van der Waals surface area (Å²) < 4.78 is 17.5. The zero-order valence-electron chi connectivity index (χ0n) is 17.6. The van der Waals surface area contributed by atoms with Crippen LogP contribution in [-0.4, -0.2) is 73.0 Å². The molecular formula is C23H30N2O6. The van der Waals surface area contributed by atoms with Crippen LogP contribution in [0.5, 0.6) is 5.75 Å². The van der Waals surface area contributed by atoms with Crippen LogP contribution in [0.3, 0.4) is 0 Å². The highest BCUT2D eigenvalue weighted by atomic mass is 16.6. The summed E-state index contributed by atoms with van der Waals surface area (Å²) >= 11 is 0. The molecular weight excluding hydrogens is 400 g/mol. The molecule has 5 rings (SSSR count). The van der Waals surface area contributed by atoms with Gasteiger partial charge in [0.15, 0.2) is 0 Å². The lowest BCUT2D eigenvalue weighted by Gasteiger charge is -2.38. The van der Waals surface area contributed by atoms with Crippen LogP contribution >= 0.6 is 0 Å². The molecule has 8 heteroatoms. The first kappa shape index (κ1) is 20.7. The largest absolute Gasteiger partial charge is 0.487 e. The first-order chi connectivity index (χ1) is 15.1. The zero-order valence-corrected chi connectivity index (χ0v) is 17.6. The van der Waals surface area contributed by atoms with Gasteiger partial charge in [0, 0.05) is 36.2 Å². The van der Waals surface area contributed by atoms with Crippen LogP contribution in [0.2, 0.25) is 0 Å². The van der Waals surface area contributed by atoms with Crippen molar-refractivity contribution < 1.29 is 28.9 Å². The van der Waals surface area contributed by atoms with Gasteiger partial charge < -0.3 is 29.5 Å². The van der Waals surface area contributed by atoms with Gasteiger partial charge in [-0.25, -0.2) is 0 Å². The maximum Gasteiger partial charge on any atom is 0.227 e. The molecule has 8 nitrogen and oxygen atoms in total. The number of hydrogen-bond donors (Lipinski definition) is 2. The Morgan fingerprint density at radius 1 is 1.19 bits per heavy atom. The minimum atomic E-state index is -0.485. The minimum Gasteiger partial charge on any atom is -0.487 e. The second-order valence-electron chi connectivity index (χ2n) is 8.97. The van der Waals surface area contributed by atoms with Gasteiger partial charge in [0.05, 0.1) is 32.3 Å². The molecule has 0 unspecified atom stereocenters. The molecule has 0 spiro atoms. The average molecular weight is 431 g/mol. The average Bonchev–Trinajstić information content (AvgIpc) is 3.10. The van der Waals surface area contributed by atoms with Crippen molar-refractivity contribution in [3.63, 3.8) is 0 Å². The number of morpholine rings is 1. The Labute approximate surface area is 181 Å². The smallest absolute Gasteiger partial charge is 0.227 e. The molecule has 0 aromatic heterocycles. The van der Waals surface area contributed by atoms with E-state index in [1.54, 1.807) is 0 Å². The molecule has 1 aromatic rings. The Balaban J connectivity index is 1.29. The highest BCUT2D eigenvalue weighted by Gasteiger charge is 2.46. The van der Waals surface area contributed by atoms with Crippen LogP contribution < -0.4 is 10.1 Å². The second kappa shape index (κ2) is 8.76. The van der Waals surface area contributed by atoms with E-state index in [2.05, 4.69) is 5.32 Å². The summed E-state index contributed by atoms with van der Waals surface area (Å²) in [6, 6.07) is 5.73. The molecule has 4 aliphatic rings. The lowest BCUT2D eigenvalue weighted by atomic mass is 9.83. The molecule has 0 radical (unpaired) electrons. The lowest BCUT2D eigenvalue weighted by molar-refractivity contribution is -0.151. The van der Waals surface area contributed by atoms with Gasteiger partial charge >= 0.3 is 0 Å². The maximum atomic E-state index is 12.7. The van der Waals surface area contributed by atoms with Crippen molar-refractivity contribution in [2.45, 2.75) is 56.3 Å². The van der Waals surface area contributed by atoms with E-state index in [4.69, 9.17) is 14.2 Å². The number of carbonyl (C=O) groups is 2. The molecule has 3 fully saturated rings. The number of anilines is 1. The van der Waals surface area contributed by atoms with Crippen molar-refractivity contribution >= 4 is 17.5 Å². The van der Waals surface area contributed by atoms with E-state index in [-0.39, 0.29) is 48.9 Å². The van der Waals surface area contributed by atoms with Crippen LogP contribution in [0.4, 0.5) is 5.69 Å². The fourth-order valence-corrected chi connectivity index (χ4v) is 5.02. The molecule has 1 saturated carbocycles. The number of aliphatic hydroxyl groups is 1. The molecule has 1 aliphatic carbocycles. The van der Waals surface area contributed by atoms with Gasteiger partial charge in [0.2, 0.25) is 11.8 Å². The third-order valence-electron chi connectivity index (χ3n) is 7.01.